The molecule has 0 aromatic heterocycles. The molecule has 1 heterocycles. The van der Waals surface area contributed by atoms with Gasteiger partial charge in [0.05, 0.1) is 0 Å². The van der Waals surface area contributed by atoms with Crippen LogP contribution in [0.5, 0.6) is 0 Å². The van der Waals surface area contributed by atoms with E-state index in [1.807, 2.05) is 32.0 Å². The molecule has 0 bridgehead atoms. The maximum absolute atomic E-state index is 12.8. The molecule has 0 radical (unpaired) electrons. The van der Waals surface area contributed by atoms with Crippen molar-refractivity contribution in [2.45, 2.75) is 51.3 Å². The quantitative estimate of drug-likeness (QED) is 0.878. The van der Waals surface area contributed by atoms with E-state index in [9.17, 15) is 23.1 Å². The monoisotopic (exact) mass is 344 g/mol. The highest BCUT2D eigenvalue weighted by molar-refractivity contribution is 5.91. The number of hydrogen-bond acceptors (Lipinski definition) is 2. The van der Waals surface area contributed by atoms with Gasteiger partial charge >= 0.3 is 12.2 Å². The molecule has 1 aliphatic heterocycles. The summed E-state index contributed by atoms with van der Waals surface area (Å²) in [4.78, 5) is 13.7. The lowest BCUT2D eigenvalue weighted by Gasteiger charge is -2.39. The molecule has 1 saturated heterocycles. The normalized spacial score (nSPS) is 17.7. The van der Waals surface area contributed by atoms with E-state index in [1.54, 1.807) is 0 Å². The molecule has 24 heavy (non-hydrogen) atoms. The van der Waals surface area contributed by atoms with Crippen LogP contribution in [0, 0.1) is 0 Å². The molecular weight excluding hydrogens is 321 g/mol. The molecule has 0 spiro atoms. The van der Waals surface area contributed by atoms with Crippen LogP contribution in [0.1, 0.15) is 37.8 Å². The minimum absolute atomic E-state index is 0.127. The van der Waals surface area contributed by atoms with Gasteiger partial charge in [-0.05, 0) is 24.0 Å². The summed E-state index contributed by atoms with van der Waals surface area (Å²) in [5.41, 5.74) is 0.0295. The van der Waals surface area contributed by atoms with E-state index >= 15 is 0 Å². The summed E-state index contributed by atoms with van der Waals surface area (Å²) in [5, 5.41) is 12.5. The number of carbonyl (C=O) groups is 1. The largest absolute Gasteiger partial charge is 0.417 e. The van der Waals surface area contributed by atoms with Crippen LogP contribution in [0.3, 0.4) is 0 Å². The summed E-state index contributed by atoms with van der Waals surface area (Å²) in [6.45, 7) is 3.71. The lowest BCUT2D eigenvalue weighted by Crippen LogP contribution is -2.55. The first-order valence-electron chi connectivity index (χ1n) is 8.17. The Bertz CT molecular complexity index is 572. The van der Waals surface area contributed by atoms with Crippen molar-refractivity contribution < 1.29 is 23.1 Å². The van der Waals surface area contributed by atoms with Crippen molar-refractivity contribution in [2.24, 2.45) is 0 Å². The Kier molecular flexibility index (Phi) is 5.42. The first kappa shape index (κ1) is 18.6. The van der Waals surface area contributed by atoms with E-state index in [-0.39, 0.29) is 13.1 Å². The molecular formula is C17H23F3N2O2. The third-order valence-electron chi connectivity index (χ3n) is 4.64. The fourth-order valence-electron chi connectivity index (χ4n) is 2.95. The van der Waals surface area contributed by atoms with Gasteiger partial charge < -0.3 is 15.3 Å². The fraction of sp³-hybridized carbons (Fsp3) is 0.588. The number of urea groups is 1. The number of halogens is 3. The van der Waals surface area contributed by atoms with Gasteiger partial charge in [-0.1, -0.05) is 32.0 Å². The average molecular weight is 344 g/mol. The van der Waals surface area contributed by atoms with Gasteiger partial charge in [-0.25, -0.2) is 4.79 Å². The molecule has 2 amide bonds. The number of para-hydroxylation sites is 1. The summed E-state index contributed by atoms with van der Waals surface area (Å²) in [5.74, 6) is 0. The minimum Gasteiger partial charge on any atom is -0.380 e. The summed E-state index contributed by atoms with van der Waals surface area (Å²) in [6, 6.07) is 5.35. The first-order valence-corrected chi connectivity index (χ1v) is 8.17. The molecule has 1 aliphatic rings. The number of benzene rings is 1. The minimum atomic E-state index is -4.67. The molecule has 134 valence electrons. The van der Waals surface area contributed by atoms with Crippen LogP contribution in [0.2, 0.25) is 0 Å². The Morgan fingerprint density at radius 1 is 1.21 bits per heavy atom. The number of aliphatic hydroxyl groups is 1. The van der Waals surface area contributed by atoms with E-state index in [1.165, 1.54) is 4.90 Å². The molecule has 4 nitrogen and oxygen atoms in total. The summed E-state index contributed by atoms with van der Waals surface area (Å²) in [6.07, 6.45) is -4.17. The summed E-state index contributed by atoms with van der Waals surface area (Å²) >= 11 is 0. The lowest BCUT2D eigenvalue weighted by atomic mass is 9.91. The number of likely N-dealkylation sites (tertiary alicyclic amines) is 1. The van der Waals surface area contributed by atoms with Crippen LogP contribution in [0.4, 0.5) is 23.7 Å². The second-order valence-electron chi connectivity index (χ2n) is 6.10. The second kappa shape index (κ2) is 7.01. The summed E-state index contributed by atoms with van der Waals surface area (Å²) in [7, 11) is 0. The van der Waals surface area contributed by atoms with Gasteiger partial charge in [0.25, 0.3) is 0 Å². The van der Waals surface area contributed by atoms with Crippen molar-refractivity contribution in [1.82, 2.24) is 4.90 Å². The number of alkyl halides is 3. The number of rotatable bonds is 3. The van der Waals surface area contributed by atoms with Crippen LogP contribution in [-0.2, 0) is 12.8 Å². The van der Waals surface area contributed by atoms with E-state index < -0.39 is 30.7 Å². The first-order chi connectivity index (χ1) is 11.2. The number of hydrogen-bond donors (Lipinski definition) is 2. The maximum Gasteiger partial charge on any atom is 0.417 e. The molecule has 7 heteroatoms. The van der Waals surface area contributed by atoms with E-state index in [0.29, 0.717) is 0 Å². The highest BCUT2D eigenvalue weighted by Crippen LogP contribution is 2.38. The SMILES string of the molecule is CCc1cccc(CC)c1NC(=O)N1CCC(O)(C(F)(F)F)CC1. The Labute approximate surface area is 139 Å². The Hall–Kier alpha value is -1.76. The van der Waals surface area contributed by atoms with Crippen molar-refractivity contribution in [3.8, 4) is 0 Å². The van der Waals surface area contributed by atoms with Gasteiger partial charge in [-0.3, -0.25) is 0 Å². The molecule has 0 atom stereocenters. The Balaban J connectivity index is 2.08. The van der Waals surface area contributed by atoms with Gasteiger partial charge in [-0.15, -0.1) is 0 Å². The third-order valence-corrected chi connectivity index (χ3v) is 4.64. The number of carbonyl (C=O) groups excluding carboxylic acids is 1. The molecule has 0 unspecified atom stereocenters. The number of amides is 2. The number of aryl methyl sites for hydroxylation is 2. The topological polar surface area (TPSA) is 52.6 Å². The molecule has 0 aliphatic carbocycles. The van der Waals surface area contributed by atoms with Crippen LogP contribution in [-0.4, -0.2) is 40.9 Å². The Morgan fingerprint density at radius 3 is 2.12 bits per heavy atom. The highest BCUT2D eigenvalue weighted by atomic mass is 19.4. The number of nitrogens with one attached hydrogen (secondary N) is 1. The molecule has 2 rings (SSSR count). The second-order valence-corrected chi connectivity index (χ2v) is 6.10. The van der Waals surface area contributed by atoms with Gasteiger partial charge in [0.1, 0.15) is 0 Å². The molecule has 0 saturated carbocycles. The van der Waals surface area contributed by atoms with E-state index in [0.717, 1.165) is 29.7 Å². The van der Waals surface area contributed by atoms with Gasteiger partial charge in [0.2, 0.25) is 0 Å². The van der Waals surface area contributed by atoms with E-state index in [2.05, 4.69) is 5.32 Å². The van der Waals surface area contributed by atoms with Crippen LogP contribution >= 0.6 is 0 Å². The lowest BCUT2D eigenvalue weighted by molar-refractivity contribution is -0.271. The zero-order valence-electron chi connectivity index (χ0n) is 13.9. The van der Waals surface area contributed by atoms with Gasteiger partial charge in [0.15, 0.2) is 5.60 Å². The fourth-order valence-corrected chi connectivity index (χ4v) is 2.95. The third kappa shape index (κ3) is 3.66. The molecule has 1 fully saturated rings. The van der Waals surface area contributed by atoms with Crippen molar-refractivity contribution >= 4 is 11.7 Å². The predicted octanol–water partition coefficient (Wildman–Crippen LogP) is 3.73. The smallest absolute Gasteiger partial charge is 0.380 e. The zero-order chi connectivity index (χ0) is 18.0. The predicted molar refractivity (Wildman–Crippen MR) is 86.0 cm³/mol. The van der Waals surface area contributed by atoms with Crippen LogP contribution < -0.4 is 5.32 Å². The highest BCUT2D eigenvalue weighted by Gasteiger charge is 2.54. The molecule has 1 aromatic rings. The summed E-state index contributed by atoms with van der Waals surface area (Å²) < 4.78 is 38.5. The van der Waals surface area contributed by atoms with Crippen LogP contribution in [0.15, 0.2) is 18.2 Å². The van der Waals surface area contributed by atoms with Gasteiger partial charge in [0, 0.05) is 31.6 Å². The maximum atomic E-state index is 12.8. The van der Waals surface area contributed by atoms with Crippen LogP contribution in [0.25, 0.3) is 0 Å². The van der Waals surface area contributed by atoms with Crippen molar-refractivity contribution in [3.63, 3.8) is 0 Å². The van der Waals surface area contributed by atoms with E-state index in [4.69, 9.17) is 0 Å². The average Bonchev–Trinajstić information content (AvgIpc) is 2.54. The Morgan fingerprint density at radius 2 is 1.71 bits per heavy atom. The van der Waals surface area contributed by atoms with Gasteiger partial charge in [-0.2, -0.15) is 13.2 Å². The molecule has 2 N–H and O–H groups in total. The van der Waals surface area contributed by atoms with Crippen molar-refractivity contribution in [2.75, 3.05) is 18.4 Å². The number of nitrogens with zero attached hydrogens (tertiary/aromatic N) is 1. The number of piperidine rings is 1. The van der Waals surface area contributed by atoms with Crippen molar-refractivity contribution in [1.29, 1.82) is 0 Å². The van der Waals surface area contributed by atoms with Crippen molar-refractivity contribution in [3.05, 3.63) is 29.3 Å². The molecule has 1 aromatic carbocycles. The number of anilines is 1. The standard InChI is InChI=1S/C17H23F3N2O2/c1-3-12-6-5-7-13(4-2)14(12)21-15(23)22-10-8-16(24,9-11-22)17(18,19)20/h5-7,24H,3-4,8-11H2,1-2H3,(H,21,23). The zero-order valence-corrected chi connectivity index (χ0v) is 13.9.